The van der Waals surface area contributed by atoms with Crippen molar-refractivity contribution in [2.45, 2.75) is 51.5 Å². The summed E-state index contributed by atoms with van der Waals surface area (Å²) in [5, 5.41) is 3.04. The molecular weight excluding hydrogens is 262 g/mol. The van der Waals surface area contributed by atoms with Crippen LogP contribution in [0.2, 0.25) is 0 Å². The van der Waals surface area contributed by atoms with E-state index in [-0.39, 0.29) is 11.9 Å². The number of rotatable bonds is 7. The molecule has 1 unspecified atom stereocenters. The zero-order chi connectivity index (χ0) is 14.9. The Morgan fingerprint density at radius 1 is 1.10 bits per heavy atom. The van der Waals surface area contributed by atoms with Crippen LogP contribution in [0.4, 0.5) is 0 Å². The average Bonchev–Trinajstić information content (AvgIpc) is 2.91. The van der Waals surface area contributed by atoms with Gasteiger partial charge in [0.05, 0.1) is 0 Å². The third kappa shape index (κ3) is 5.54. The van der Waals surface area contributed by atoms with Crippen molar-refractivity contribution in [1.82, 2.24) is 14.8 Å². The number of amides is 1. The molecule has 0 saturated carbocycles. The Labute approximate surface area is 128 Å². The lowest BCUT2D eigenvalue weighted by molar-refractivity contribution is -0.123. The van der Waals surface area contributed by atoms with E-state index in [0.29, 0.717) is 0 Å². The number of aromatic nitrogens is 1. The molecule has 1 N–H and O–H groups in total. The van der Waals surface area contributed by atoms with Crippen molar-refractivity contribution in [1.29, 1.82) is 0 Å². The van der Waals surface area contributed by atoms with E-state index in [9.17, 15) is 4.79 Å². The fourth-order valence-corrected chi connectivity index (χ4v) is 2.92. The zero-order valence-corrected chi connectivity index (χ0v) is 13.3. The number of carbonyl (C=O) groups excluding carboxylic acids is 1. The van der Waals surface area contributed by atoms with Crippen LogP contribution in [-0.4, -0.2) is 41.6 Å². The van der Waals surface area contributed by atoms with E-state index in [1.807, 2.05) is 36.0 Å². The number of carbonyl (C=O) groups is 1. The van der Waals surface area contributed by atoms with Crippen molar-refractivity contribution in [3.63, 3.8) is 0 Å². The Bertz CT molecular complexity index is 394. The zero-order valence-electron chi connectivity index (χ0n) is 13.3. The van der Waals surface area contributed by atoms with Gasteiger partial charge in [0.1, 0.15) is 6.04 Å². The minimum absolute atomic E-state index is 0.112. The first-order chi connectivity index (χ1) is 10.3. The highest BCUT2D eigenvalue weighted by Crippen LogP contribution is 2.10. The highest BCUT2D eigenvalue weighted by Gasteiger charge is 2.13. The maximum atomic E-state index is 12.0. The second-order valence-electron chi connectivity index (χ2n) is 6.06. The van der Waals surface area contributed by atoms with Crippen LogP contribution in [-0.2, 0) is 4.79 Å². The van der Waals surface area contributed by atoms with E-state index in [2.05, 4.69) is 10.2 Å². The lowest BCUT2D eigenvalue weighted by Crippen LogP contribution is -2.32. The lowest BCUT2D eigenvalue weighted by Gasteiger charge is -2.19. The van der Waals surface area contributed by atoms with Crippen LogP contribution in [0.5, 0.6) is 0 Å². The summed E-state index contributed by atoms with van der Waals surface area (Å²) < 4.78 is 1.94. The normalized spacial score (nSPS) is 18.1. The van der Waals surface area contributed by atoms with Gasteiger partial charge in [-0.25, -0.2) is 0 Å². The Morgan fingerprint density at radius 3 is 2.43 bits per heavy atom. The van der Waals surface area contributed by atoms with Crippen LogP contribution in [0.3, 0.4) is 0 Å². The van der Waals surface area contributed by atoms with Crippen molar-refractivity contribution in [3.8, 4) is 0 Å². The standard InChI is InChI=1S/C17H29N3O/c1-16(20-14-8-9-15-20)17(21)18-10-4-7-13-19-11-5-2-3-6-12-19/h8-9,14-16H,2-7,10-13H2,1H3,(H,18,21). The molecule has 4 nitrogen and oxygen atoms in total. The molecule has 1 atom stereocenters. The summed E-state index contributed by atoms with van der Waals surface area (Å²) in [4.78, 5) is 14.6. The molecule has 118 valence electrons. The highest BCUT2D eigenvalue weighted by atomic mass is 16.2. The summed E-state index contributed by atoms with van der Waals surface area (Å²) in [6, 6.07) is 3.78. The van der Waals surface area contributed by atoms with Crippen molar-refractivity contribution in [2.24, 2.45) is 0 Å². The first kappa shape index (κ1) is 16.1. The van der Waals surface area contributed by atoms with Crippen molar-refractivity contribution < 1.29 is 4.79 Å². The fraction of sp³-hybridized carbons (Fsp3) is 0.706. The Balaban J connectivity index is 1.55. The number of nitrogens with zero attached hydrogens (tertiary/aromatic N) is 2. The van der Waals surface area contributed by atoms with Gasteiger partial charge < -0.3 is 14.8 Å². The van der Waals surface area contributed by atoms with Crippen LogP contribution < -0.4 is 5.32 Å². The molecule has 1 aliphatic rings. The molecule has 0 radical (unpaired) electrons. The molecule has 0 bridgehead atoms. The predicted molar refractivity (Wildman–Crippen MR) is 86.3 cm³/mol. The second-order valence-corrected chi connectivity index (χ2v) is 6.06. The van der Waals surface area contributed by atoms with Gasteiger partial charge in [-0.05, 0) is 64.4 Å². The lowest BCUT2D eigenvalue weighted by atomic mass is 10.2. The third-order valence-electron chi connectivity index (χ3n) is 4.35. The van der Waals surface area contributed by atoms with Crippen LogP contribution in [0.25, 0.3) is 0 Å². The Kier molecular flexibility index (Phi) is 6.80. The minimum Gasteiger partial charge on any atom is -0.354 e. The monoisotopic (exact) mass is 291 g/mol. The summed E-state index contributed by atoms with van der Waals surface area (Å²) in [6.45, 7) is 6.43. The van der Waals surface area contributed by atoms with E-state index in [1.165, 1.54) is 51.7 Å². The maximum Gasteiger partial charge on any atom is 0.242 e. The van der Waals surface area contributed by atoms with Gasteiger partial charge in [0, 0.05) is 18.9 Å². The maximum absolute atomic E-state index is 12.0. The van der Waals surface area contributed by atoms with Crippen LogP contribution >= 0.6 is 0 Å². The summed E-state index contributed by atoms with van der Waals surface area (Å²) >= 11 is 0. The van der Waals surface area contributed by atoms with Crippen molar-refractivity contribution >= 4 is 5.91 Å². The summed E-state index contributed by atoms with van der Waals surface area (Å²) in [7, 11) is 0. The van der Waals surface area contributed by atoms with Gasteiger partial charge in [-0.15, -0.1) is 0 Å². The topological polar surface area (TPSA) is 37.3 Å². The van der Waals surface area contributed by atoms with Crippen molar-refractivity contribution in [2.75, 3.05) is 26.2 Å². The van der Waals surface area contributed by atoms with E-state index >= 15 is 0 Å². The number of likely N-dealkylation sites (tertiary alicyclic amines) is 1. The summed E-state index contributed by atoms with van der Waals surface area (Å²) in [6.07, 6.45) is 11.6. The first-order valence-corrected chi connectivity index (χ1v) is 8.40. The molecule has 0 aromatic carbocycles. The van der Waals surface area contributed by atoms with Gasteiger partial charge in [-0.2, -0.15) is 0 Å². The van der Waals surface area contributed by atoms with Gasteiger partial charge in [-0.3, -0.25) is 4.79 Å². The number of nitrogens with one attached hydrogen (secondary N) is 1. The molecule has 4 heteroatoms. The fourth-order valence-electron chi connectivity index (χ4n) is 2.92. The minimum atomic E-state index is -0.120. The van der Waals surface area contributed by atoms with Gasteiger partial charge in [0.15, 0.2) is 0 Å². The van der Waals surface area contributed by atoms with Crippen LogP contribution in [0, 0.1) is 0 Å². The van der Waals surface area contributed by atoms with Crippen LogP contribution in [0.1, 0.15) is 51.5 Å². The van der Waals surface area contributed by atoms with Crippen molar-refractivity contribution in [3.05, 3.63) is 24.5 Å². The van der Waals surface area contributed by atoms with Gasteiger partial charge in [-0.1, -0.05) is 12.8 Å². The quantitative estimate of drug-likeness (QED) is 0.784. The Hall–Kier alpha value is -1.29. The van der Waals surface area contributed by atoms with E-state index in [0.717, 1.165) is 13.0 Å². The molecule has 1 saturated heterocycles. The molecule has 21 heavy (non-hydrogen) atoms. The molecule has 1 aliphatic heterocycles. The molecule has 2 rings (SSSR count). The number of unbranched alkanes of at least 4 members (excludes halogenated alkanes) is 1. The largest absolute Gasteiger partial charge is 0.354 e. The van der Waals surface area contributed by atoms with Gasteiger partial charge >= 0.3 is 0 Å². The second kappa shape index (κ2) is 8.88. The average molecular weight is 291 g/mol. The number of hydrogen-bond acceptors (Lipinski definition) is 2. The molecule has 0 aliphatic carbocycles. The van der Waals surface area contributed by atoms with Gasteiger partial charge in [0.2, 0.25) is 5.91 Å². The molecule has 1 aromatic rings. The number of hydrogen-bond donors (Lipinski definition) is 1. The van der Waals surface area contributed by atoms with E-state index in [1.54, 1.807) is 0 Å². The highest BCUT2D eigenvalue weighted by molar-refractivity contribution is 5.79. The molecule has 1 amide bonds. The Morgan fingerprint density at radius 2 is 1.76 bits per heavy atom. The predicted octanol–water partition coefficient (Wildman–Crippen LogP) is 2.82. The molecule has 1 aromatic heterocycles. The van der Waals surface area contributed by atoms with E-state index < -0.39 is 0 Å². The third-order valence-corrected chi connectivity index (χ3v) is 4.35. The molecule has 0 spiro atoms. The summed E-state index contributed by atoms with van der Waals surface area (Å²) in [5.74, 6) is 0.112. The van der Waals surface area contributed by atoms with E-state index in [4.69, 9.17) is 0 Å². The first-order valence-electron chi connectivity index (χ1n) is 8.40. The van der Waals surface area contributed by atoms with Crippen LogP contribution in [0.15, 0.2) is 24.5 Å². The molecule has 2 heterocycles. The SMILES string of the molecule is CC(C(=O)NCCCCN1CCCCCC1)n1cccc1. The van der Waals surface area contributed by atoms with Gasteiger partial charge in [0.25, 0.3) is 0 Å². The molecule has 1 fully saturated rings. The summed E-state index contributed by atoms with van der Waals surface area (Å²) in [5.41, 5.74) is 0. The molecular formula is C17H29N3O. The smallest absolute Gasteiger partial charge is 0.242 e.